The molecule has 0 radical (unpaired) electrons. The quantitative estimate of drug-likeness (QED) is 0.298. The van der Waals surface area contributed by atoms with Gasteiger partial charge in [-0.1, -0.05) is 46.2 Å². The molecule has 0 heterocycles. The van der Waals surface area contributed by atoms with Crippen LogP contribution >= 0.6 is 0 Å². The fraction of sp³-hybridized carbons (Fsp3) is 0.857. The zero-order valence-corrected chi connectivity index (χ0v) is 12.7. The summed E-state index contributed by atoms with van der Waals surface area (Å²) in [6.07, 6.45) is 1.41. The smallest absolute Gasteiger partial charge is 0.230 e. The third-order valence-corrected chi connectivity index (χ3v) is 5.17. The van der Waals surface area contributed by atoms with E-state index in [1.807, 2.05) is 6.92 Å². The van der Waals surface area contributed by atoms with Crippen molar-refractivity contribution in [3.8, 4) is 0 Å². The van der Waals surface area contributed by atoms with Gasteiger partial charge in [0.1, 0.15) is 0 Å². The van der Waals surface area contributed by atoms with E-state index < -0.39 is 5.92 Å². The summed E-state index contributed by atoms with van der Waals surface area (Å²) in [5, 5.41) is 14.6. The van der Waals surface area contributed by atoms with Crippen molar-refractivity contribution >= 4 is 11.7 Å². The lowest BCUT2D eigenvalue weighted by Crippen LogP contribution is -2.40. The van der Waals surface area contributed by atoms with Crippen LogP contribution in [0.4, 0.5) is 0 Å². The molecule has 1 saturated carbocycles. The second-order valence-electron chi connectivity index (χ2n) is 6.61. The number of hydrogen-bond acceptors (Lipinski definition) is 3. The molecular weight excluding hydrogens is 242 g/mol. The standard InChI is InChI=1S/C14H27N3O2/c1-6-7-9(11(15)17-19)12(18)16-8-10-13(2,3)14(10,4)5/h9-10,19H,6-8H2,1-5H3,(H2,15,17)(H,16,18). The lowest BCUT2D eigenvalue weighted by molar-refractivity contribution is -0.123. The molecule has 110 valence electrons. The van der Waals surface area contributed by atoms with E-state index >= 15 is 0 Å². The van der Waals surface area contributed by atoms with Crippen molar-refractivity contribution in [3.05, 3.63) is 0 Å². The number of amidine groups is 1. The molecule has 19 heavy (non-hydrogen) atoms. The Morgan fingerprint density at radius 3 is 2.26 bits per heavy atom. The topological polar surface area (TPSA) is 87.7 Å². The number of hydrogen-bond donors (Lipinski definition) is 3. The molecule has 1 atom stereocenters. The molecule has 1 aliphatic rings. The second-order valence-corrected chi connectivity index (χ2v) is 6.61. The average molecular weight is 269 g/mol. The number of carbonyl (C=O) groups excluding carboxylic acids is 1. The molecule has 0 aliphatic heterocycles. The first-order valence-corrected chi connectivity index (χ1v) is 6.95. The highest BCUT2D eigenvalue weighted by molar-refractivity contribution is 6.02. The minimum Gasteiger partial charge on any atom is -0.409 e. The van der Waals surface area contributed by atoms with Crippen LogP contribution in [-0.2, 0) is 4.79 Å². The van der Waals surface area contributed by atoms with Crippen LogP contribution in [0.15, 0.2) is 5.16 Å². The molecular formula is C14H27N3O2. The second kappa shape index (κ2) is 5.39. The molecule has 0 aromatic heterocycles. The lowest BCUT2D eigenvalue weighted by atomic mass is 10.0. The number of nitrogens with one attached hydrogen (secondary N) is 1. The first-order chi connectivity index (χ1) is 8.70. The number of amides is 1. The minimum atomic E-state index is -0.528. The van der Waals surface area contributed by atoms with Gasteiger partial charge in [-0.2, -0.15) is 0 Å². The van der Waals surface area contributed by atoms with E-state index in [2.05, 4.69) is 38.2 Å². The maximum atomic E-state index is 12.1. The number of carbonyl (C=O) groups is 1. The van der Waals surface area contributed by atoms with Gasteiger partial charge in [0, 0.05) is 6.54 Å². The SMILES string of the molecule is CCCC(C(=O)NCC1C(C)(C)C1(C)C)C(N)=NO. The number of nitrogens with zero attached hydrogens (tertiary/aromatic N) is 1. The van der Waals surface area contributed by atoms with Gasteiger partial charge in [-0.3, -0.25) is 4.79 Å². The van der Waals surface area contributed by atoms with Crippen molar-refractivity contribution in [1.82, 2.24) is 5.32 Å². The van der Waals surface area contributed by atoms with Crippen molar-refractivity contribution in [1.29, 1.82) is 0 Å². The van der Waals surface area contributed by atoms with E-state index in [-0.39, 0.29) is 22.6 Å². The Balaban J connectivity index is 2.56. The first kappa shape index (κ1) is 15.8. The van der Waals surface area contributed by atoms with E-state index in [1.165, 1.54) is 0 Å². The van der Waals surface area contributed by atoms with Crippen LogP contribution < -0.4 is 11.1 Å². The summed E-state index contributed by atoms with van der Waals surface area (Å²) in [6.45, 7) is 11.5. The van der Waals surface area contributed by atoms with Crippen LogP contribution in [0.5, 0.6) is 0 Å². The van der Waals surface area contributed by atoms with Gasteiger partial charge in [0.05, 0.1) is 5.92 Å². The van der Waals surface area contributed by atoms with Gasteiger partial charge in [0.15, 0.2) is 5.84 Å². The Bertz CT molecular complexity index is 361. The molecule has 0 aromatic carbocycles. The van der Waals surface area contributed by atoms with Crippen molar-refractivity contribution in [2.45, 2.75) is 47.5 Å². The summed E-state index contributed by atoms with van der Waals surface area (Å²) in [4.78, 5) is 12.1. The summed E-state index contributed by atoms with van der Waals surface area (Å²) < 4.78 is 0. The van der Waals surface area contributed by atoms with E-state index in [9.17, 15) is 4.79 Å². The van der Waals surface area contributed by atoms with Gasteiger partial charge in [-0.05, 0) is 23.2 Å². The molecule has 1 fully saturated rings. The van der Waals surface area contributed by atoms with Crippen LogP contribution in [0.1, 0.15) is 47.5 Å². The maximum Gasteiger partial charge on any atom is 0.230 e. The molecule has 5 heteroatoms. The van der Waals surface area contributed by atoms with Crippen LogP contribution in [-0.4, -0.2) is 23.5 Å². The molecule has 4 N–H and O–H groups in total. The first-order valence-electron chi connectivity index (χ1n) is 6.95. The predicted molar refractivity (Wildman–Crippen MR) is 75.9 cm³/mol. The van der Waals surface area contributed by atoms with Crippen LogP contribution in [0.3, 0.4) is 0 Å². The predicted octanol–water partition coefficient (Wildman–Crippen LogP) is 1.95. The van der Waals surface area contributed by atoms with E-state index in [0.29, 0.717) is 18.9 Å². The van der Waals surface area contributed by atoms with Gasteiger partial charge >= 0.3 is 0 Å². The van der Waals surface area contributed by atoms with Crippen molar-refractivity contribution in [2.24, 2.45) is 33.6 Å². The van der Waals surface area contributed by atoms with Gasteiger partial charge in [0.2, 0.25) is 5.91 Å². The third kappa shape index (κ3) is 2.85. The van der Waals surface area contributed by atoms with Crippen molar-refractivity contribution in [3.63, 3.8) is 0 Å². The Kier molecular flexibility index (Phi) is 4.48. The van der Waals surface area contributed by atoms with E-state index in [4.69, 9.17) is 10.9 Å². The highest BCUT2D eigenvalue weighted by Gasteiger charge is 2.64. The fourth-order valence-electron chi connectivity index (χ4n) is 2.94. The summed E-state index contributed by atoms with van der Waals surface area (Å²) in [5.41, 5.74) is 6.07. The summed E-state index contributed by atoms with van der Waals surface area (Å²) >= 11 is 0. The molecule has 0 saturated heterocycles. The van der Waals surface area contributed by atoms with Crippen LogP contribution in [0, 0.1) is 22.7 Å². The molecule has 0 bridgehead atoms. The Morgan fingerprint density at radius 1 is 1.37 bits per heavy atom. The zero-order chi connectivity index (χ0) is 14.8. The van der Waals surface area contributed by atoms with Crippen LogP contribution in [0.25, 0.3) is 0 Å². The normalized spacial score (nSPS) is 22.9. The van der Waals surface area contributed by atoms with E-state index in [0.717, 1.165) is 6.42 Å². The van der Waals surface area contributed by atoms with Crippen LogP contribution in [0.2, 0.25) is 0 Å². The summed E-state index contributed by atoms with van der Waals surface area (Å²) in [6, 6.07) is 0. The third-order valence-electron chi connectivity index (χ3n) is 5.17. The molecule has 1 amide bonds. The van der Waals surface area contributed by atoms with Crippen molar-refractivity contribution in [2.75, 3.05) is 6.54 Å². The molecule has 1 unspecified atom stereocenters. The maximum absolute atomic E-state index is 12.1. The summed E-state index contributed by atoms with van der Waals surface area (Å²) in [7, 11) is 0. The number of rotatable bonds is 6. The van der Waals surface area contributed by atoms with Gasteiger partial charge < -0.3 is 16.3 Å². The largest absolute Gasteiger partial charge is 0.409 e. The monoisotopic (exact) mass is 269 g/mol. The average Bonchev–Trinajstić information content (AvgIpc) is 2.73. The Morgan fingerprint density at radius 2 is 1.89 bits per heavy atom. The number of oxime groups is 1. The molecule has 0 aromatic rings. The molecule has 1 rings (SSSR count). The fourth-order valence-corrected chi connectivity index (χ4v) is 2.94. The lowest BCUT2D eigenvalue weighted by Gasteiger charge is -2.15. The molecule has 1 aliphatic carbocycles. The highest BCUT2D eigenvalue weighted by atomic mass is 16.4. The molecule has 0 spiro atoms. The number of nitrogens with two attached hydrogens (primary N) is 1. The minimum absolute atomic E-state index is 0.00586. The molecule has 5 nitrogen and oxygen atoms in total. The Labute approximate surface area is 115 Å². The zero-order valence-electron chi connectivity index (χ0n) is 12.7. The van der Waals surface area contributed by atoms with Gasteiger partial charge in [-0.15, -0.1) is 0 Å². The van der Waals surface area contributed by atoms with Gasteiger partial charge in [-0.25, -0.2) is 0 Å². The van der Waals surface area contributed by atoms with Gasteiger partial charge in [0.25, 0.3) is 0 Å². The highest BCUT2D eigenvalue weighted by Crippen LogP contribution is 2.67. The Hall–Kier alpha value is -1.26. The van der Waals surface area contributed by atoms with Crippen molar-refractivity contribution < 1.29 is 10.0 Å². The van der Waals surface area contributed by atoms with E-state index in [1.54, 1.807) is 0 Å². The summed E-state index contributed by atoms with van der Waals surface area (Å²) in [5.74, 6) is -0.206.